The molecule has 0 aromatic heterocycles. The molecular formula is C25H33N3O2. The Bertz CT molecular complexity index is 919. The number of β-amino-alcohol motifs (C(OH)–C–C–N with tert-alkyl or cyclic N) is 1. The van der Waals surface area contributed by atoms with Crippen molar-refractivity contribution in [2.75, 3.05) is 49.1 Å². The number of aliphatic hydroxyl groups excluding tert-OH is 1. The van der Waals surface area contributed by atoms with Crippen molar-refractivity contribution in [3.8, 4) is 0 Å². The third-order valence-electron chi connectivity index (χ3n) is 6.50. The van der Waals surface area contributed by atoms with Crippen LogP contribution in [0.25, 0.3) is 0 Å². The molecule has 2 heterocycles. The first-order valence-corrected chi connectivity index (χ1v) is 11.1. The van der Waals surface area contributed by atoms with E-state index in [1.807, 2.05) is 17.0 Å². The number of rotatable bonds is 4. The van der Waals surface area contributed by atoms with E-state index in [1.165, 1.54) is 22.4 Å². The van der Waals surface area contributed by atoms with Crippen LogP contribution in [0.1, 0.15) is 41.7 Å². The number of nitrogens with zero attached hydrogens (tertiary/aromatic N) is 3. The molecule has 2 aromatic rings. The number of anilines is 2. The lowest BCUT2D eigenvalue weighted by Gasteiger charge is -2.38. The SMILES string of the molecule is CC(=O)N1CCCc2cc([C@H](O)CN3CCN(c4cc(C)ccc4C)CC3)ccc21. The van der Waals surface area contributed by atoms with Crippen molar-refractivity contribution in [3.63, 3.8) is 0 Å². The van der Waals surface area contributed by atoms with Crippen LogP contribution in [0, 0.1) is 13.8 Å². The molecule has 30 heavy (non-hydrogen) atoms. The third kappa shape index (κ3) is 4.37. The predicted octanol–water partition coefficient (Wildman–Crippen LogP) is 3.46. The van der Waals surface area contributed by atoms with E-state index >= 15 is 0 Å². The minimum atomic E-state index is -0.504. The van der Waals surface area contributed by atoms with Crippen molar-refractivity contribution in [1.29, 1.82) is 0 Å². The van der Waals surface area contributed by atoms with Crippen molar-refractivity contribution in [3.05, 3.63) is 58.7 Å². The first-order chi connectivity index (χ1) is 14.4. The van der Waals surface area contributed by atoms with Crippen LogP contribution in [-0.2, 0) is 11.2 Å². The minimum Gasteiger partial charge on any atom is -0.387 e. The lowest BCUT2D eigenvalue weighted by Crippen LogP contribution is -2.47. The van der Waals surface area contributed by atoms with E-state index in [0.29, 0.717) is 6.54 Å². The molecule has 0 aliphatic carbocycles. The van der Waals surface area contributed by atoms with E-state index in [9.17, 15) is 9.90 Å². The molecule has 1 N–H and O–H groups in total. The Kier molecular flexibility index (Phi) is 6.11. The molecule has 5 nitrogen and oxygen atoms in total. The van der Waals surface area contributed by atoms with Crippen LogP contribution in [-0.4, -0.2) is 55.2 Å². The second-order valence-corrected chi connectivity index (χ2v) is 8.76. The van der Waals surface area contributed by atoms with Gasteiger partial charge in [0, 0.05) is 57.6 Å². The zero-order valence-electron chi connectivity index (χ0n) is 18.4. The van der Waals surface area contributed by atoms with Gasteiger partial charge in [-0.2, -0.15) is 0 Å². The van der Waals surface area contributed by atoms with Crippen LogP contribution in [0.4, 0.5) is 11.4 Å². The van der Waals surface area contributed by atoms with E-state index < -0.39 is 6.10 Å². The van der Waals surface area contributed by atoms with Crippen LogP contribution >= 0.6 is 0 Å². The average molecular weight is 408 g/mol. The molecule has 4 rings (SSSR count). The molecule has 1 atom stereocenters. The fourth-order valence-electron chi connectivity index (χ4n) is 4.73. The molecule has 2 aliphatic rings. The van der Waals surface area contributed by atoms with E-state index in [4.69, 9.17) is 0 Å². The van der Waals surface area contributed by atoms with Gasteiger partial charge in [0.2, 0.25) is 5.91 Å². The maximum Gasteiger partial charge on any atom is 0.223 e. The predicted molar refractivity (Wildman–Crippen MR) is 122 cm³/mol. The highest BCUT2D eigenvalue weighted by Crippen LogP contribution is 2.30. The first kappa shape index (κ1) is 20.9. The first-order valence-electron chi connectivity index (χ1n) is 11.1. The summed E-state index contributed by atoms with van der Waals surface area (Å²) in [5, 5.41) is 10.9. The Morgan fingerprint density at radius 1 is 1.00 bits per heavy atom. The zero-order valence-corrected chi connectivity index (χ0v) is 18.4. The van der Waals surface area contributed by atoms with Crippen molar-refractivity contribution in [2.45, 2.75) is 39.7 Å². The topological polar surface area (TPSA) is 47.0 Å². The number of carbonyl (C=O) groups excluding carboxylic acids is 1. The van der Waals surface area contributed by atoms with Gasteiger partial charge >= 0.3 is 0 Å². The summed E-state index contributed by atoms with van der Waals surface area (Å²) in [6, 6.07) is 12.7. The number of aryl methyl sites for hydroxylation is 3. The Balaban J connectivity index is 1.38. The molecule has 5 heteroatoms. The number of piperazine rings is 1. The number of amides is 1. The quantitative estimate of drug-likeness (QED) is 0.843. The molecule has 1 saturated heterocycles. The Labute approximate surface area is 179 Å². The molecule has 0 saturated carbocycles. The molecule has 0 unspecified atom stereocenters. The molecular weight excluding hydrogens is 374 g/mol. The summed E-state index contributed by atoms with van der Waals surface area (Å²) in [7, 11) is 0. The lowest BCUT2D eigenvalue weighted by molar-refractivity contribution is -0.116. The summed E-state index contributed by atoms with van der Waals surface area (Å²) in [6.45, 7) is 11.2. The number of carbonyl (C=O) groups is 1. The van der Waals surface area contributed by atoms with Crippen molar-refractivity contribution >= 4 is 17.3 Å². The van der Waals surface area contributed by atoms with Crippen LogP contribution in [0.5, 0.6) is 0 Å². The largest absolute Gasteiger partial charge is 0.387 e. The molecule has 1 fully saturated rings. The summed E-state index contributed by atoms with van der Waals surface area (Å²) in [6.07, 6.45) is 1.44. The second kappa shape index (κ2) is 8.78. The van der Waals surface area contributed by atoms with Gasteiger partial charge in [0.05, 0.1) is 6.10 Å². The molecule has 0 radical (unpaired) electrons. The fourth-order valence-corrected chi connectivity index (χ4v) is 4.73. The highest BCUT2D eigenvalue weighted by atomic mass is 16.3. The van der Waals surface area contributed by atoms with Gasteiger partial charge in [-0.1, -0.05) is 24.3 Å². The van der Waals surface area contributed by atoms with E-state index in [2.05, 4.69) is 47.9 Å². The molecule has 160 valence electrons. The maximum absolute atomic E-state index is 11.9. The van der Waals surface area contributed by atoms with E-state index in [-0.39, 0.29) is 5.91 Å². The summed E-state index contributed by atoms with van der Waals surface area (Å²) in [4.78, 5) is 18.5. The molecule has 2 aromatic carbocycles. The number of hydrogen-bond acceptors (Lipinski definition) is 4. The van der Waals surface area contributed by atoms with Crippen LogP contribution in [0.3, 0.4) is 0 Å². The third-order valence-corrected chi connectivity index (χ3v) is 6.50. The van der Waals surface area contributed by atoms with Gasteiger partial charge in [0.1, 0.15) is 0 Å². The minimum absolute atomic E-state index is 0.0889. The number of fused-ring (bicyclic) bond motifs is 1. The van der Waals surface area contributed by atoms with Crippen molar-refractivity contribution < 1.29 is 9.90 Å². The standard InChI is InChI=1S/C25H33N3O2/c1-18-6-7-19(2)24(15-18)27-13-11-26(12-14-27)17-25(30)22-8-9-23-21(16-22)5-4-10-28(23)20(3)29/h6-9,15-16,25,30H,4-5,10-14,17H2,1-3H3/t25-/m1/s1. The Morgan fingerprint density at radius 2 is 1.77 bits per heavy atom. The second-order valence-electron chi connectivity index (χ2n) is 8.76. The van der Waals surface area contributed by atoms with Crippen LogP contribution < -0.4 is 9.80 Å². The van der Waals surface area contributed by atoms with Gasteiger partial charge in [-0.3, -0.25) is 9.69 Å². The highest BCUT2D eigenvalue weighted by Gasteiger charge is 2.24. The van der Waals surface area contributed by atoms with Gasteiger partial charge in [0.15, 0.2) is 0 Å². The van der Waals surface area contributed by atoms with Gasteiger partial charge < -0.3 is 14.9 Å². The normalized spacial score (nSPS) is 18.3. The summed E-state index contributed by atoms with van der Waals surface area (Å²) in [5.74, 6) is 0.0889. The number of aliphatic hydroxyl groups is 1. The van der Waals surface area contributed by atoms with Crippen LogP contribution in [0.15, 0.2) is 36.4 Å². The smallest absolute Gasteiger partial charge is 0.223 e. The fraction of sp³-hybridized carbons (Fsp3) is 0.480. The van der Waals surface area contributed by atoms with Gasteiger partial charge in [-0.15, -0.1) is 0 Å². The highest BCUT2D eigenvalue weighted by molar-refractivity contribution is 5.92. The number of hydrogen-bond donors (Lipinski definition) is 1. The lowest BCUT2D eigenvalue weighted by atomic mass is 9.97. The molecule has 0 bridgehead atoms. The van der Waals surface area contributed by atoms with Gasteiger partial charge in [0.25, 0.3) is 0 Å². The monoisotopic (exact) mass is 407 g/mol. The van der Waals surface area contributed by atoms with Crippen molar-refractivity contribution in [2.24, 2.45) is 0 Å². The summed E-state index contributed by atoms with van der Waals surface area (Å²) in [5.41, 5.74) is 7.09. The van der Waals surface area contributed by atoms with Crippen LogP contribution in [0.2, 0.25) is 0 Å². The Morgan fingerprint density at radius 3 is 2.50 bits per heavy atom. The zero-order chi connectivity index (χ0) is 21.3. The average Bonchev–Trinajstić information content (AvgIpc) is 2.75. The Hall–Kier alpha value is -2.37. The van der Waals surface area contributed by atoms with Gasteiger partial charge in [-0.05, 0) is 61.1 Å². The van der Waals surface area contributed by atoms with Crippen molar-refractivity contribution in [1.82, 2.24) is 4.90 Å². The maximum atomic E-state index is 11.9. The van der Waals surface area contributed by atoms with E-state index in [0.717, 1.165) is 56.8 Å². The summed E-state index contributed by atoms with van der Waals surface area (Å²) >= 11 is 0. The van der Waals surface area contributed by atoms with Gasteiger partial charge in [-0.25, -0.2) is 0 Å². The van der Waals surface area contributed by atoms with E-state index in [1.54, 1.807) is 6.92 Å². The summed E-state index contributed by atoms with van der Waals surface area (Å²) < 4.78 is 0. The number of benzene rings is 2. The molecule has 1 amide bonds. The molecule has 2 aliphatic heterocycles. The molecule has 0 spiro atoms.